The molecule has 32 heavy (non-hydrogen) atoms. The molecule has 0 unspecified atom stereocenters. The lowest BCUT2D eigenvalue weighted by molar-refractivity contribution is 0.00578. The number of hydrogen-bond acceptors (Lipinski definition) is 6. The van der Waals surface area contributed by atoms with Crippen LogP contribution in [0.3, 0.4) is 0 Å². The summed E-state index contributed by atoms with van der Waals surface area (Å²) in [6.45, 7) is 10.8. The van der Waals surface area contributed by atoms with Crippen LogP contribution in [-0.4, -0.2) is 48.6 Å². The Labute approximate surface area is 189 Å². The maximum Gasteiger partial charge on any atom is 0.498 e. The van der Waals surface area contributed by atoms with Crippen molar-refractivity contribution >= 4 is 23.5 Å². The van der Waals surface area contributed by atoms with Gasteiger partial charge in [-0.3, -0.25) is 4.68 Å². The molecule has 0 spiro atoms. The van der Waals surface area contributed by atoms with Crippen molar-refractivity contribution in [3.8, 4) is 22.6 Å². The fourth-order valence-electron chi connectivity index (χ4n) is 3.78. The molecule has 4 rings (SSSR count). The molecule has 1 aliphatic heterocycles. The van der Waals surface area contributed by atoms with Crippen LogP contribution in [0.2, 0.25) is 0 Å². The van der Waals surface area contributed by atoms with E-state index in [2.05, 4.69) is 11.2 Å². The number of benzene rings is 2. The van der Waals surface area contributed by atoms with Gasteiger partial charge in [0.1, 0.15) is 17.0 Å². The van der Waals surface area contributed by atoms with Gasteiger partial charge in [-0.2, -0.15) is 5.10 Å². The zero-order valence-corrected chi connectivity index (χ0v) is 19.9. The molecule has 1 aromatic heterocycles. The van der Waals surface area contributed by atoms with Gasteiger partial charge in [-0.15, -0.1) is 0 Å². The van der Waals surface area contributed by atoms with Gasteiger partial charge in [-0.1, -0.05) is 12.1 Å². The number of fused-ring (bicyclic) bond motifs is 1. The standard InChI is InChI=1S/C24H31BN2O5/c1-8-29-21-13-17(11-18-14-27(6)26-22(18)21)16-9-10-19(20(12-16)30-15-28-7)25-31-23(2,3)24(4,5)32-25/h9-14H,8,15H2,1-7H3. The van der Waals surface area contributed by atoms with Crippen molar-refractivity contribution in [3.05, 3.63) is 36.5 Å². The molecule has 3 aromatic rings. The molecule has 0 aliphatic carbocycles. The summed E-state index contributed by atoms with van der Waals surface area (Å²) in [5, 5.41) is 5.55. The summed E-state index contributed by atoms with van der Waals surface area (Å²) < 4.78 is 31.3. The molecule has 0 saturated carbocycles. The highest BCUT2D eigenvalue weighted by atomic mass is 16.7. The Morgan fingerprint density at radius 3 is 2.31 bits per heavy atom. The van der Waals surface area contributed by atoms with Gasteiger partial charge in [0.15, 0.2) is 6.79 Å². The Balaban J connectivity index is 1.76. The minimum absolute atomic E-state index is 0.127. The third-order valence-corrected chi connectivity index (χ3v) is 6.17. The fraction of sp³-hybridized carbons (Fsp3) is 0.458. The van der Waals surface area contributed by atoms with Gasteiger partial charge in [-0.25, -0.2) is 0 Å². The predicted octanol–water partition coefficient (Wildman–Crippen LogP) is 3.92. The normalized spacial score (nSPS) is 17.2. The van der Waals surface area contributed by atoms with E-state index in [1.54, 1.807) is 11.8 Å². The van der Waals surface area contributed by atoms with Crippen LogP contribution in [0.5, 0.6) is 11.5 Å². The quantitative estimate of drug-likeness (QED) is 0.412. The molecule has 2 aromatic carbocycles. The van der Waals surface area contributed by atoms with Crippen LogP contribution in [0, 0.1) is 0 Å². The molecule has 0 N–H and O–H groups in total. The Morgan fingerprint density at radius 1 is 0.969 bits per heavy atom. The molecule has 7 nitrogen and oxygen atoms in total. The second kappa shape index (κ2) is 8.43. The zero-order chi connectivity index (χ0) is 23.1. The van der Waals surface area contributed by atoms with Crippen molar-refractivity contribution in [2.45, 2.75) is 45.8 Å². The highest BCUT2D eigenvalue weighted by Gasteiger charge is 2.52. The van der Waals surface area contributed by atoms with E-state index in [9.17, 15) is 0 Å². The van der Waals surface area contributed by atoms with E-state index in [1.165, 1.54) is 0 Å². The minimum atomic E-state index is -0.527. The van der Waals surface area contributed by atoms with Gasteiger partial charge in [0, 0.05) is 31.2 Å². The average Bonchev–Trinajstić information content (AvgIpc) is 3.21. The monoisotopic (exact) mass is 438 g/mol. The molecule has 8 heteroatoms. The first kappa shape index (κ1) is 22.6. The molecule has 1 aliphatic rings. The molecular weight excluding hydrogens is 407 g/mol. The van der Waals surface area contributed by atoms with Crippen LogP contribution >= 0.6 is 0 Å². The number of ether oxygens (including phenoxy) is 3. The lowest BCUT2D eigenvalue weighted by atomic mass is 9.77. The summed E-state index contributed by atoms with van der Waals surface area (Å²) in [5.74, 6) is 1.42. The highest BCUT2D eigenvalue weighted by molar-refractivity contribution is 6.63. The Bertz CT molecular complexity index is 1110. The zero-order valence-electron chi connectivity index (χ0n) is 19.9. The SMILES string of the molecule is CCOc1cc(-c2ccc(B3OC(C)(C)C(C)(C)O3)c(OCOC)c2)cc2cn(C)nc12. The number of methoxy groups -OCH3 is 1. The van der Waals surface area contributed by atoms with Crippen molar-refractivity contribution in [3.63, 3.8) is 0 Å². The fourth-order valence-corrected chi connectivity index (χ4v) is 3.78. The minimum Gasteiger partial charge on any atom is -0.491 e. The van der Waals surface area contributed by atoms with Gasteiger partial charge >= 0.3 is 7.12 Å². The maximum atomic E-state index is 6.25. The molecule has 1 fully saturated rings. The second-order valence-corrected chi connectivity index (χ2v) is 9.04. The highest BCUT2D eigenvalue weighted by Crippen LogP contribution is 2.38. The van der Waals surface area contributed by atoms with Crippen LogP contribution in [0.1, 0.15) is 34.6 Å². The summed E-state index contributed by atoms with van der Waals surface area (Å²) in [7, 11) is 2.98. The van der Waals surface area contributed by atoms with E-state index in [0.717, 1.165) is 33.2 Å². The molecule has 170 valence electrons. The van der Waals surface area contributed by atoms with Crippen molar-refractivity contribution in [1.82, 2.24) is 9.78 Å². The van der Waals surface area contributed by atoms with Crippen molar-refractivity contribution in [1.29, 1.82) is 0 Å². The molecule has 2 heterocycles. The summed E-state index contributed by atoms with van der Waals surface area (Å²) in [5.41, 5.74) is 2.80. The van der Waals surface area contributed by atoms with Crippen LogP contribution < -0.4 is 14.9 Å². The van der Waals surface area contributed by atoms with E-state index >= 15 is 0 Å². The van der Waals surface area contributed by atoms with Gasteiger partial charge in [0.25, 0.3) is 0 Å². The number of rotatable bonds is 7. The molecular formula is C24H31BN2O5. The Hall–Kier alpha value is -2.55. The lowest BCUT2D eigenvalue weighted by Crippen LogP contribution is -2.41. The number of aromatic nitrogens is 2. The van der Waals surface area contributed by atoms with Gasteiger partial charge in [0.2, 0.25) is 0 Å². The van der Waals surface area contributed by atoms with Crippen LogP contribution in [-0.2, 0) is 21.1 Å². The predicted molar refractivity (Wildman–Crippen MR) is 126 cm³/mol. The van der Waals surface area contributed by atoms with Crippen LogP contribution in [0.4, 0.5) is 0 Å². The molecule has 0 amide bonds. The smallest absolute Gasteiger partial charge is 0.491 e. The molecule has 0 bridgehead atoms. The first-order chi connectivity index (χ1) is 15.1. The van der Waals surface area contributed by atoms with E-state index in [1.807, 2.05) is 72.1 Å². The second-order valence-electron chi connectivity index (χ2n) is 9.04. The summed E-state index contributed by atoms with van der Waals surface area (Å²) in [6.07, 6.45) is 1.99. The van der Waals surface area contributed by atoms with Gasteiger partial charge < -0.3 is 23.5 Å². The summed E-state index contributed by atoms with van der Waals surface area (Å²) in [4.78, 5) is 0. The number of hydrogen-bond donors (Lipinski definition) is 0. The lowest BCUT2D eigenvalue weighted by Gasteiger charge is -2.32. The van der Waals surface area contributed by atoms with Crippen LogP contribution in [0.15, 0.2) is 36.5 Å². The van der Waals surface area contributed by atoms with Crippen molar-refractivity contribution in [2.75, 3.05) is 20.5 Å². The van der Waals surface area contributed by atoms with E-state index in [4.69, 9.17) is 23.5 Å². The average molecular weight is 438 g/mol. The van der Waals surface area contributed by atoms with Crippen LogP contribution in [0.25, 0.3) is 22.0 Å². The third kappa shape index (κ3) is 4.10. The molecule has 0 radical (unpaired) electrons. The number of aryl methyl sites for hydroxylation is 1. The maximum absolute atomic E-state index is 6.25. The first-order valence-corrected chi connectivity index (χ1v) is 10.9. The molecule has 0 atom stereocenters. The largest absolute Gasteiger partial charge is 0.498 e. The Kier molecular flexibility index (Phi) is 5.96. The van der Waals surface area contributed by atoms with Crippen molar-refractivity contribution in [2.24, 2.45) is 7.05 Å². The molecule has 1 saturated heterocycles. The topological polar surface area (TPSA) is 64.0 Å². The number of nitrogens with zero attached hydrogens (tertiary/aromatic N) is 2. The van der Waals surface area contributed by atoms with E-state index in [-0.39, 0.29) is 6.79 Å². The Morgan fingerprint density at radius 2 is 1.66 bits per heavy atom. The van der Waals surface area contributed by atoms with Gasteiger partial charge in [0.05, 0.1) is 17.8 Å². The third-order valence-electron chi connectivity index (χ3n) is 6.17. The summed E-state index contributed by atoms with van der Waals surface area (Å²) >= 11 is 0. The first-order valence-electron chi connectivity index (χ1n) is 10.9. The van der Waals surface area contributed by atoms with Crippen molar-refractivity contribution < 1.29 is 23.5 Å². The van der Waals surface area contributed by atoms with E-state index < -0.39 is 18.3 Å². The summed E-state index contributed by atoms with van der Waals surface area (Å²) in [6, 6.07) is 10.2. The van der Waals surface area contributed by atoms with Gasteiger partial charge in [-0.05, 0) is 63.9 Å². The van der Waals surface area contributed by atoms with E-state index in [0.29, 0.717) is 12.4 Å².